The number of ether oxygens (including phenoxy) is 2. The third kappa shape index (κ3) is 4.49. The highest BCUT2D eigenvalue weighted by atomic mass is 32.1. The molecule has 0 saturated carbocycles. The summed E-state index contributed by atoms with van der Waals surface area (Å²) in [6.07, 6.45) is -0.0649. The molecule has 0 fully saturated rings. The molecule has 0 bridgehead atoms. The molecule has 2 aromatic rings. The molecule has 3 rings (SSSR count). The third-order valence-corrected chi connectivity index (χ3v) is 4.76. The predicted molar refractivity (Wildman–Crippen MR) is 94.6 cm³/mol. The summed E-state index contributed by atoms with van der Waals surface area (Å²) >= 11 is 1.65. The molecule has 0 spiro atoms. The van der Waals surface area contributed by atoms with Crippen LogP contribution in [0.2, 0.25) is 0 Å². The van der Waals surface area contributed by atoms with Gasteiger partial charge in [-0.15, -0.1) is 11.3 Å². The number of carbonyl (C=O) groups is 1. The van der Waals surface area contributed by atoms with E-state index in [1.54, 1.807) is 11.3 Å². The highest BCUT2D eigenvalue weighted by Crippen LogP contribution is 2.30. The lowest BCUT2D eigenvalue weighted by Crippen LogP contribution is -2.44. The van der Waals surface area contributed by atoms with Crippen molar-refractivity contribution in [2.75, 3.05) is 26.2 Å². The number of nitrogens with zero attached hydrogens (tertiary/aromatic N) is 1. The van der Waals surface area contributed by atoms with Gasteiger partial charge < -0.3 is 14.8 Å². The largest absolute Gasteiger partial charge is 0.486 e. The van der Waals surface area contributed by atoms with Crippen molar-refractivity contribution in [2.24, 2.45) is 0 Å². The van der Waals surface area contributed by atoms with Crippen molar-refractivity contribution in [3.8, 4) is 11.5 Å². The normalized spacial score (nSPS) is 16.2. The lowest BCUT2D eigenvalue weighted by atomic mass is 10.2. The fourth-order valence-corrected chi connectivity index (χ4v) is 3.25. The van der Waals surface area contributed by atoms with Gasteiger partial charge in [0.2, 0.25) is 5.91 Å². The predicted octanol–water partition coefficient (Wildman–Crippen LogP) is 2.53. The minimum Gasteiger partial charge on any atom is -0.486 e. The van der Waals surface area contributed by atoms with Crippen LogP contribution in [0.25, 0.3) is 0 Å². The second-order valence-corrected chi connectivity index (χ2v) is 6.71. The van der Waals surface area contributed by atoms with Gasteiger partial charge in [-0.25, -0.2) is 0 Å². The molecule has 1 N–H and O–H groups in total. The number of thiophene rings is 1. The Balaban J connectivity index is 1.47. The van der Waals surface area contributed by atoms with Crippen LogP contribution in [0.15, 0.2) is 41.8 Å². The van der Waals surface area contributed by atoms with E-state index in [9.17, 15) is 4.79 Å². The van der Waals surface area contributed by atoms with Gasteiger partial charge in [-0.05, 0) is 30.1 Å². The fraction of sp³-hybridized carbons (Fsp3) is 0.389. The summed E-state index contributed by atoms with van der Waals surface area (Å²) in [4.78, 5) is 15.4. The first-order valence-corrected chi connectivity index (χ1v) is 9.02. The van der Waals surface area contributed by atoms with Crippen molar-refractivity contribution < 1.29 is 14.3 Å². The lowest BCUT2D eigenvalue weighted by Gasteiger charge is -2.30. The second-order valence-electron chi connectivity index (χ2n) is 5.68. The van der Waals surface area contributed by atoms with Gasteiger partial charge in [-0.2, -0.15) is 0 Å². The maximum Gasteiger partial charge on any atom is 0.234 e. The van der Waals surface area contributed by atoms with Gasteiger partial charge in [0.25, 0.3) is 0 Å². The SMILES string of the molecule is CCN(CC(=O)NCc1cccs1)CC1COc2ccccc2O1. The molecule has 1 atom stereocenters. The molecule has 1 unspecified atom stereocenters. The topological polar surface area (TPSA) is 50.8 Å². The zero-order chi connectivity index (χ0) is 16.8. The van der Waals surface area contributed by atoms with Crippen LogP contribution >= 0.6 is 11.3 Å². The maximum absolute atomic E-state index is 12.1. The zero-order valence-corrected chi connectivity index (χ0v) is 14.6. The van der Waals surface area contributed by atoms with Crippen LogP contribution in [0.3, 0.4) is 0 Å². The number of likely N-dealkylation sites (N-methyl/N-ethyl adjacent to an activating group) is 1. The van der Waals surface area contributed by atoms with Crippen LogP contribution < -0.4 is 14.8 Å². The number of amides is 1. The van der Waals surface area contributed by atoms with Crippen LogP contribution in [-0.2, 0) is 11.3 Å². The van der Waals surface area contributed by atoms with Gasteiger partial charge >= 0.3 is 0 Å². The van der Waals surface area contributed by atoms with E-state index in [1.165, 1.54) is 0 Å². The van der Waals surface area contributed by atoms with Crippen LogP contribution in [-0.4, -0.2) is 43.2 Å². The number of para-hydroxylation sites is 2. The molecule has 2 heterocycles. The molecule has 128 valence electrons. The summed E-state index contributed by atoms with van der Waals surface area (Å²) in [5.41, 5.74) is 0. The van der Waals surface area contributed by atoms with Crippen molar-refractivity contribution in [2.45, 2.75) is 19.6 Å². The Morgan fingerprint density at radius 3 is 2.88 bits per heavy atom. The van der Waals surface area contributed by atoms with Gasteiger partial charge in [0, 0.05) is 11.4 Å². The number of fused-ring (bicyclic) bond motifs is 1. The fourth-order valence-electron chi connectivity index (χ4n) is 2.60. The maximum atomic E-state index is 12.1. The average molecular weight is 346 g/mol. The summed E-state index contributed by atoms with van der Waals surface area (Å²) in [6.45, 7) is 4.95. The van der Waals surface area contributed by atoms with Crippen molar-refractivity contribution in [3.05, 3.63) is 46.7 Å². The average Bonchev–Trinajstić information content (AvgIpc) is 3.13. The van der Waals surface area contributed by atoms with Gasteiger partial charge in [-0.3, -0.25) is 9.69 Å². The lowest BCUT2D eigenvalue weighted by molar-refractivity contribution is -0.122. The van der Waals surface area contributed by atoms with E-state index in [0.29, 0.717) is 26.2 Å². The Morgan fingerprint density at radius 1 is 1.29 bits per heavy atom. The molecule has 24 heavy (non-hydrogen) atoms. The molecule has 1 aromatic carbocycles. The first-order chi connectivity index (χ1) is 11.7. The minimum absolute atomic E-state index is 0.0300. The minimum atomic E-state index is -0.0649. The Kier molecular flexibility index (Phi) is 5.72. The van der Waals surface area contributed by atoms with Crippen LogP contribution in [0.4, 0.5) is 0 Å². The van der Waals surface area contributed by atoms with Gasteiger partial charge in [0.15, 0.2) is 11.5 Å². The van der Waals surface area contributed by atoms with Crippen molar-refractivity contribution in [1.82, 2.24) is 10.2 Å². The van der Waals surface area contributed by atoms with E-state index in [-0.39, 0.29) is 12.0 Å². The van der Waals surface area contributed by atoms with Crippen molar-refractivity contribution in [1.29, 1.82) is 0 Å². The molecule has 1 amide bonds. The van der Waals surface area contributed by atoms with Gasteiger partial charge in [0.05, 0.1) is 13.1 Å². The molecular formula is C18H22N2O3S. The van der Waals surface area contributed by atoms with E-state index < -0.39 is 0 Å². The molecule has 0 aliphatic carbocycles. The Morgan fingerprint density at radius 2 is 2.12 bits per heavy atom. The van der Waals surface area contributed by atoms with Crippen LogP contribution in [0.1, 0.15) is 11.8 Å². The Bertz CT molecular complexity index is 660. The molecule has 1 aromatic heterocycles. The molecule has 5 nitrogen and oxygen atoms in total. The van der Waals surface area contributed by atoms with Crippen molar-refractivity contribution in [3.63, 3.8) is 0 Å². The van der Waals surface area contributed by atoms with E-state index in [4.69, 9.17) is 9.47 Å². The second kappa shape index (κ2) is 8.17. The number of hydrogen-bond acceptors (Lipinski definition) is 5. The standard InChI is InChI=1S/C18H22N2O3S/c1-2-20(12-18(21)19-10-15-6-5-9-24-15)11-14-13-22-16-7-3-4-8-17(16)23-14/h3-9,14H,2,10-13H2,1H3,(H,19,21). The first kappa shape index (κ1) is 16.8. The molecule has 6 heteroatoms. The summed E-state index contributed by atoms with van der Waals surface area (Å²) in [5.74, 6) is 1.58. The van der Waals surface area contributed by atoms with Crippen LogP contribution in [0, 0.1) is 0 Å². The summed E-state index contributed by atoms with van der Waals surface area (Å²) in [5, 5.41) is 4.97. The van der Waals surface area contributed by atoms with Crippen LogP contribution in [0.5, 0.6) is 11.5 Å². The summed E-state index contributed by atoms with van der Waals surface area (Å²) < 4.78 is 11.7. The van der Waals surface area contributed by atoms with E-state index in [2.05, 4.69) is 10.2 Å². The number of hydrogen-bond donors (Lipinski definition) is 1. The molecule has 1 aliphatic rings. The van der Waals surface area contributed by atoms with E-state index in [1.807, 2.05) is 48.7 Å². The molecule has 1 aliphatic heterocycles. The summed E-state index contributed by atoms with van der Waals surface area (Å²) in [7, 11) is 0. The molecule has 0 saturated heterocycles. The van der Waals surface area contributed by atoms with E-state index >= 15 is 0 Å². The quantitative estimate of drug-likeness (QED) is 0.837. The van der Waals surface area contributed by atoms with Gasteiger partial charge in [0.1, 0.15) is 12.7 Å². The first-order valence-electron chi connectivity index (χ1n) is 8.14. The van der Waals surface area contributed by atoms with E-state index in [0.717, 1.165) is 22.9 Å². The summed E-state index contributed by atoms with van der Waals surface area (Å²) in [6, 6.07) is 11.7. The monoisotopic (exact) mass is 346 g/mol. The smallest absolute Gasteiger partial charge is 0.234 e. The Hall–Kier alpha value is -2.05. The van der Waals surface area contributed by atoms with Gasteiger partial charge in [-0.1, -0.05) is 25.1 Å². The number of rotatable bonds is 7. The molecular weight excluding hydrogens is 324 g/mol. The number of nitrogens with one attached hydrogen (secondary N) is 1. The number of benzene rings is 1. The highest BCUT2D eigenvalue weighted by Gasteiger charge is 2.23. The molecule has 0 radical (unpaired) electrons. The number of carbonyl (C=O) groups excluding carboxylic acids is 1. The zero-order valence-electron chi connectivity index (χ0n) is 13.7. The third-order valence-electron chi connectivity index (χ3n) is 3.88. The highest BCUT2D eigenvalue weighted by molar-refractivity contribution is 7.09. The van der Waals surface area contributed by atoms with Crippen molar-refractivity contribution >= 4 is 17.2 Å². The Labute approximate surface area is 146 Å².